The van der Waals surface area contributed by atoms with Crippen molar-refractivity contribution in [1.82, 2.24) is 15.1 Å². The molecule has 0 saturated heterocycles. The summed E-state index contributed by atoms with van der Waals surface area (Å²) < 4.78 is 7.32. The zero-order valence-electron chi connectivity index (χ0n) is 14.6. The van der Waals surface area contributed by atoms with Crippen LogP contribution < -0.4 is 10.1 Å². The summed E-state index contributed by atoms with van der Waals surface area (Å²) in [6.07, 6.45) is 6.20. The zero-order chi connectivity index (χ0) is 17.4. The van der Waals surface area contributed by atoms with Gasteiger partial charge in [-0.05, 0) is 43.5 Å². The molecule has 0 saturated carbocycles. The molecule has 0 radical (unpaired) electrons. The van der Waals surface area contributed by atoms with Crippen LogP contribution >= 0.6 is 0 Å². The molecular weight excluding hydrogens is 302 g/mol. The Morgan fingerprint density at radius 3 is 2.88 bits per heavy atom. The Labute approximate surface area is 143 Å². The van der Waals surface area contributed by atoms with E-state index in [1.807, 2.05) is 31.2 Å². The second-order valence-electron chi connectivity index (χ2n) is 5.64. The second-order valence-corrected chi connectivity index (χ2v) is 5.64. The van der Waals surface area contributed by atoms with E-state index in [9.17, 15) is 4.79 Å². The van der Waals surface area contributed by atoms with Crippen LogP contribution in [0.4, 0.5) is 0 Å². The average molecular weight is 327 g/mol. The van der Waals surface area contributed by atoms with E-state index >= 15 is 0 Å². The third-order valence-corrected chi connectivity index (χ3v) is 3.54. The molecule has 0 aliphatic heterocycles. The van der Waals surface area contributed by atoms with Gasteiger partial charge in [0.1, 0.15) is 11.4 Å². The average Bonchev–Trinajstić information content (AvgIpc) is 2.91. The van der Waals surface area contributed by atoms with Crippen molar-refractivity contribution in [2.45, 2.75) is 33.2 Å². The number of aromatic nitrogens is 2. The number of ether oxygens (including phenoxy) is 1. The van der Waals surface area contributed by atoms with Gasteiger partial charge in [-0.15, -0.1) is 0 Å². The van der Waals surface area contributed by atoms with Crippen LogP contribution in [0.2, 0.25) is 0 Å². The van der Waals surface area contributed by atoms with Crippen molar-refractivity contribution >= 4 is 5.91 Å². The number of carbonyl (C=O) groups is 1. The highest BCUT2D eigenvalue weighted by Gasteiger charge is 2.11. The molecule has 1 amide bonds. The molecule has 0 atom stereocenters. The van der Waals surface area contributed by atoms with Gasteiger partial charge in [0.15, 0.2) is 0 Å². The van der Waals surface area contributed by atoms with E-state index in [1.54, 1.807) is 17.8 Å². The van der Waals surface area contributed by atoms with Crippen LogP contribution in [0.15, 0.2) is 42.5 Å². The fraction of sp³-hybridized carbons (Fsp3) is 0.368. The van der Waals surface area contributed by atoms with Crippen LogP contribution in [-0.2, 0) is 13.6 Å². The molecule has 0 spiro atoms. The summed E-state index contributed by atoms with van der Waals surface area (Å²) in [4.78, 5) is 12.2. The maximum atomic E-state index is 12.2. The highest BCUT2D eigenvalue weighted by molar-refractivity contribution is 5.92. The third kappa shape index (κ3) is 5.26. The van der Waals surface area contributed by atoms with Gasteiger partial charge in [0.05, 0.1) is 12.3 Å². The smallest absolute Gasteiger partial charge is 0.269 e. The van der Waals surface area contributed by atoms with Crippen molar-refractivity contribution in [2.24, 2.45) is 7.05 Å². The van der Waals surface area contributed by atoms with Gasteiger partial charge in [0.25, 0.3) is 5.91 Å². The lowest BCUT2D eigenvalue weighted by Gasteiger charge is -2.08. The molecule has 5 nitrogen and oxygen atoms in total. The number of nitrogens with zero attached hydrogens (tertiary/aromatic N) is 2. The Bertz CT molecular complexity index is 704. The monoisotopic (exact) mass is 327 g/mol. The molecule has 5 heteroatoms. The first kappa shape index (κ1) is 17.8. The maximum Gasteiger partial charge on any atom is 0.269 e. The maximum absolute atomic E-state index is 12.2. The van der Waals surface area contributed by atoms with Crippen LogP contribution in [-0.4, -0.2) is 22.3 Å². The first-order valence-electron chi connectivity index (χ1n) is 8.25. The third-order valence-electron chi connectivity index (χ3n) is 3.54. The molecule has 1 aromatic heterocycles. The highest BCUT2D eigenvalue weighted by atomic mass is 16.5. The number of hydrogen-bond donors (Lipinski definition) is 1. The van der Waals surface area contributed by atoms with Gasteiger partial charge in [-0.25, -0.2) is 0 Å². The Balaban J connectivity index is 1.86. The van der Waals surface area contributed by atoms with Crippen molar-refractivity contribution in [3.8, 4) is 5.75 Å². The molecule has 0 bridgehead atoms. The predicted molar refractivity (Wildman–Crippen MR) is 95.1 cm³/mol. The van der Waals surface area contributed by atoms with Crippen LogP contribution in [0.3, 0.4) is 0 Å². The van der Waals surface area contributed by atoms with Crippen LogP contribution in [0.5, 0.6) is 5.75 Å². The van der Waals surface area contributed by atoms with Gasteiger partial charge < -0.3 is 10.1 Å². The first-order valence-corrected chi connectivity index (χ1v) is 8.25. The molecule has 0 aliphatic carbocycles. The lowest BCUT2D eigenvalue weighted by atomic mass is 10.2. The lowest BCUT2D eigenvalue weighted by Crippen LogP contribution is -2.25. The van der Waals surface area contributed by atoms with Gasteiger partial charge in [0.2, 0.25) is 0 Å². The van der Waals surface area contributed by atoms with E-state index in [2.05, 4.69) is 29.5 Å². The molecule has 1 aromatic carbocycles. The zero-order valence-corrected chi connectivity index (χ0v) is 14.6. The normalized spacial score (nSPS) is 11.0. The molecule has 24 heavy (non-hydrogen) atoms. The van der Waals surface area contributed by atoms with E-state index in [-0.39, 0.29) is 5.91 Å². The Morgan fingerprint density at radius 1 is 1.33 bits per heavy atom. The van der Waals surface area contributed by atoms with Gasteiger partial charge in [-0.3, -0.25) is 9.48 Å². The number of rotatable bonds is 8. The number of nitrogens with one attached hydrogen (secondary N) is 1. The quantitative estimate of drug-likeness (QED) is 0.597. The molecular formula is C19H25N3O2. The van der Waals surface area contributed by atoms with Gasteiger partial charge in [-0.2, -0.15) is 5.10 Å². The summed E-state index contributed by atoms with van der Waals surface area (Å²) in [5.41, 5.74) is 2.39. The van der Waals surface area contributed by atoms with Crippen LogP contribution in [0.25, 0.3) is 0 Å². The predicted octanol–water partition coefficient (Wildman–Crippen LogP) is 3.39. The molecule has 0 aliphatic rings. The van der Waals surface area contributed by atoms with Gasteiger partial charge >= 0.3 is 0 Å². The summed E-state index contributed by atoms with van der Waals surface area (Å²) >= 11 is 0. The van der Waals surface area contributed by atoms with E-state index in [1.165, 1.54) is 0 Å². The SMILES string of the molecule is CCC=CCCOc1cccc(CNC(=O)c2cc(C)nn2C)c1. The highest BCUT2D eigenvalue weighted by Crippen LogP contribution is 2.14. The van der Waals surface area contributed by atoms with Gasteiger partial charge in [-0.1, -0.05) is 31.2 Å². The molecule has 0 fully saturated rings. The second kappa shape index (κ2) is 8.91. The molecule has 2 rings (SSSR count). The van der Waals surface area contributed by atoms with Crippen molar-refractivity contribution in [3.63, 3.8) is 0 Å². The molecule has 1 N–H and O–H groups in total. The summed E-state index contributed by atoms with van der Waals surface area (Å²) in [7, 11) is 1.77. The Kier molecular flexibility index (Phi) is 6.61. The minimum atomic E-state index is -0.130. The van der Waals surface area contributed by atoms with E-state index in [0.29, 0.717) is 18.8 Å². The fourth-order valence-electron chi connectivity index (χ4n) is 2.37. The summed E-state index contributed by atoms with van der Waals surface area (Å²) in [5, 5.41) is 7.10. The van der Waals surface area contributed by atoms with Crippen LogP contribution in [0, 0.1) is 6.92 Å². The largest absolute Gasteiger partial charge is 0.493 e. The van der Waals surface area contributed by atoms with E-state index in [4.69, 9.17) is 4.74 Å². The number of hydrogen-bond acceptors (Lipinski definition) is 3. The molecule has 1 heterocycles. The standard InChI is InChI=1S/C19H25N3O2/c1-4-5-6-7-11-24-17-10-8-9-16(13-17)14-20-19(23)18-12-15(2)21-22(18)3/h5-6,8-10,12-13H,4,7,11,14H2,1-3H3,(H,20,23). The molecule has 128 valence electrons. The molecule has 0 unspecified atom stereocenters. The van der Waals surface area contributed by atoms with Crippen molar-refractivity contribution in [2.75, 3.05) is 6.61 Å². The Morgan fingerprint density at radius 2 is 2.17 bits per heavy atom. The summed E-state index contributed by atoms with van der Waals surface area (Å²) in [6, 6.07) is 9.57. The van der Waals surface area contributed by atoms with E-state index in [0.717, 1.165) is 29.8 Å². The number of carbonyl (C=O) groups excluding carboxylic acids is 1. The summed E-state index contributed by atoms with van der Waals surface area (Å²) in [5.74, 6) is 0.692. The number of amides is 1. The number of benzene rings is 1. The van der Waals surface area contributed by atoms with E-state index < -0.39 is 0 Å². The number of allylic oxidation sites excluding steroid dienone is 1. The fourth-order valence-corrected chi connectivity index (χ4v) is 2.37. The Hall–Kier alpha value is -2.56. The minimum absolute atomic E-state index is 0.130. The topological polar surface area (TPSA) is 56.1 Å². The lowest BCUT2D eigenvalue weighted by molar-refractivity contribution is 0.0941. The number of aryl methyl sites for hydroxylation is 2. The van der Waals surface area contributed by atoms with Crippen molar-refractivity contribution < 1.29 is 9.53 Å². The summed E-state index contributed by atoms with van der Waals surface area (Å²) in [6.45, 7) is 5.09. The molecule has 2 aromatic rings. The van der Waals surface area contributed by atoms with Crippen LogP contribution in [0.1, 0.15) is 41.5 Å². The van der Waals surface area contributed by atoms with Gasteiger partial charge in [0, 0.05) is 13.6 Å². The van der Waals surface area contributed by atoms with Crippen molar-refractivity contribution in [1.29, 1.82) is 0 Å². The minimum Gasteiger partial charge on any atom is -0.493 e. The van der Waals surface area contributed by atoms with Crippen molar-refractivity contribution in [3.05, 3.63) is 59.4 Å². The first-order chi connectivity index (χ1) is 11.6.